The second-order valence-corrected chi connectivity index (χ2v) is 5.77. The van der Waals surface area contributed by atoms with Gasteiger partial charge in [0.15, 0.2) is 5.76 Å². The molecule has 8 nitrogen and oxygen atoms in total. The van der Waals surface area contributed by atoms with Gasteiger partial charge >= 0.3 is 0 Å². The Balaban J connectivity index is 1.35. The molecule has 132 valence electrons. The van der Waals surface area contributed by atoms with E-state index in [1.165, 1.54) is 6.26 Å². The topological polar surface area (TPSA) is 91.6 Å². The molecular weight excluding hydrogens is 322 g/mol. The number of rotatable bonds is 6. The number of aromatic nitrogens is 2. The molecule has 3 rings (SSSR count). The number of amides is 2. The number of anilines is 1. The molecule has 0 unspecified atom stereocenters. The summed E-state index contributed by atoms with van der Waals surface area (Å²) in [6.45, 7) is 3.30. The molecular formula is C17H21N5O3. The zero-order valence-corrected chi connectivity index (χ0v) is 13.9. The van der Waals surface area contributed by atoms with E-state index in [2.05, 4.69) is 20.2 Å². The number of nitrogens with zero attached hydrogens (tertiary/aromatic N) is 4. The summed E-state index contributed by atoms with van der Waals surface area (Å²) in [6, 6.07) is 3.27. The third-order valence-electron chi connectivity index (χ3n) is 4.10. The van der Waals surface area contributed by atoms with E-state index < -0.39 is 0 Å². The maximum atomic E-state index is 12.3. The largest absolute Gasteiger partial charge is 0.459 e. The van der Waals surface area contributed by atoms with Crippen molar-refractivity contribution in [3.63, 3.8) is 0 Å². The van der Waals surface area contributed by atoms with E-state index in [-0.39, 0.29) is 17.6 Å². The van der Waals surface area contributed by atoms with Gasteiger partial charge in [-0.1, -0.05) is 0 Å². The lowest BCUT2D eigenvalue weighted by atomic mass is 10.2. The molecule has 0 bridgehead atoms. The molecule has 0 atom stereocenters. The number of hydrogen-bond acceptors (Lipinski definition) is 6. The van der Waals surface area contributed by atoms with Gasteiger partial charge in [-0.15, -0.1) is 0 Å². The van der Waals surface area contributed by atoms with Gasteiger partial charge in [0.2, 0.25) is 5.91 Å². The van der Waals surface area contributed by atoms with Gasteiger partial charge in [0.25, 0.3) is 5.91 Å². The van der Waals surface area contributed by atoms with E-state index >= 15 is 0 Å². The van der Waals surface area contributed by atoms with Gasteiger partial charge in [0.05, 0.1) is 12.5 Å². The van der Waals surface area contributed by atoms with Crippen LogP contribution >= 0.6 is 0 Å². The van der Waals surface area contributed by atoms with Gasteiger partial charge in [0.1, 0.15) is 5.82 Å². The quantitative estimate of drug-likeness (QED) is 0.785. The highest BCUT2D eigenvalue weighted by Crippen LogP contribution is 2.12. The lowest BCUT2D eigenvalue weighted by Crippen LogP contribution is -2.49. The van der Waals surface area contributed by atoms with Crippen molar-refractivity contribution in [3.05, 3.63) is 42.7 Å². The van der Waals surface area contributed by atoms with Crippen molar-refractivity contribution in [1.82, 2.24) is 20.2 Å². The van der Waals surface area contributed by atoms with Crippen LogP contribution in [0.15, 0.2) is 41.4 Å². The molecule has 0 aliphatic carbocycles. The summed E-state index contributed by atoms with van der Waals surface area (Å²) in [4.78, 5) is 36.3. The van der Waals surface area contributed by atoms with E-state index in [1.807, 2.05) is 4.90 Å². The van der Waals surface area contributed by atoms with Crippen molar-refractivity contribution in [3.8, 4) is 0 Å². The van der Waals surface area contributed by atoms with Gasteiger partial charge in [-0.05, 0) is 18.6 Å². The smallest absolute Gasteiger partial charge is 0.286 e. The number of piperazine rings is 1. The lowest BCUT2D eigenvalue weighted by Gasteiger charge is -2.35. The molecule has 8 heteroatoms. The third kappa shape index (κ3) is 4.56. The van der Waals surface area contributed by atoms with Gasteiger partial charge < -0.3 is 19.5 Å². The molecule has 0 spiro atoms. The Labute approximate surface area is 145 Å². The van der Waals surface area contributed by atoms with Gasteiger partial charge in [-0.2, -0.15) is 0 Å². The van der Waals surface area contributed by atoms with Crippen LogP contribution in [0.1, 0.15) is 23.4 Å². The second kappa shape index (κ2) is 8.27. The summed E-state index contributed by atoms with van der Waals surface area (Å²) in [6.07, 6.45) is 7.54. The van der Waals surface area contributed by atoms with Crippen LogP contribution in [-0.4, -0.2) is 59.4 Å². The summed E-state index contributed by atoms with van der Waals surface area (Å²) < 4.78 is 5.01. The normalized spacial score (nSPS) is 14.4. The Kier molecular flexibility index (Phi) is 5.61. The molecule has 0 saturated carbocycles. The zero-order valence-electron chi connectivity index (χ0n) is 13.9. The Morgan fingerprint density at radius 2 is 2.04 bits per heavy atom. The summed E-state index contributed by atoms with van der Waals surface area (Å²) in [5.41, 5.74) is 0. The SMILES string of the molecule is O=C(NCCCC(=O)N1CCN(c2cnccn2)CC1)c1ccco1. The number of carbonyl (C=O) groups excluding carboxylic acids is 2. The van der Waals surface area contributed by atoms with E-state index in [9.17, 15) is 9.59 Å². The van der Waals surface area contributed by atoms with Crippen LogP contribution in [-0.2, 0) is 4.79 Å². The highest BCUT2D eigenvalue weighted by atomic mass is 16.3. The molecule has 1 fully saturated rings. The van der Waals surface area contributed by atoms with Crippen molar-refractivity contribution < 1.29 is 14.0 Å². The van der Waals surface area contributed by atoms with Crippen molar-refractivity contribution in [2.24, 2.45) is 0 Å². The maximum absolute atomic E-state index is 12.3. The van der Waals surface area contributed by atoms with Crippen molar-refractivity contribution in [1.29, 1.82) is 0 Å². The molecule has 1 aliphatic rings. The van der Waals surface area contributed by atoms with Crippen molar-refractivity contribution in [2.75, 3.05) is 37.6 Å². The number of hydrogen-bond donors (Lipinski definition) is 1. The minimum atomic E-state index is -0.255. The first-order valence-corrected chi connectivity index (χ1v) is 8.34. The summed E-state index contributed by atoms with van der Waals surface area (Å²) in [7, 11) is 0. The molecule has 1 aliphatic heterocycles. The Morgan fingerprint density at radius 3 is 2.72 bits per heavy atom. The summed E-state index contributed by atoms with van der Waals surface area (Å²) in [5, 5.41) is 2.75. The minimum Gasteiger partial charge on any atom is -0.459 e. The molecule has 1 N–H and O–H groups in total. The second-order valence-electron chi connectivity index (χ2n) is 5.77. The zero-order chi connectivity index (χ0) is 17.5. The van der Waals surface area contributed by atoms with E-state index in [0.29, 0.717) is 32.5 Å². The van der Waals surface area contributed by atoms with E-state index in [1.54, 1.807) is 30.7 Å². The van der Waals surface area contributed by atoms with Crippen LogP contribution in [0.3, 0.4) is 0 Å². The highest BCUT2D eigenvalue weighted by molar-refractivity contribution is 5.91. The first-order chi connectivity index (χ1) is 12.2. The van der Waals surface area contributed by atoms with Gasteiger partial charge in [-0.25, -0.2) is 4.98 Å². The standard InChI is InChI=1S/C17H21N5O3/c23-16(4-1-5-20-17(24)14-3-2-12-25-14)22-10-8-21(9-11-22)15-13-18-6-7-19-15/h2-3,6-7,12-13H,1,4-5,8-11H2,(H,20,24). The van der Waals surface area contributed by atoms with Crippen LogP contribution in [0.5, 0.6) is 0 Å². The first-order valence-electron chi connectivity index (χ1n) is 8.34. The van der Waals surface area contributed by atoms with Crippen LogP contribution in [0.25, 0.3) is 0 Å². The van der Waals surface area contributed by atoms with Crippen molar-refractivity contribution >= 4 is 17.6 Å². The predicted octanol–water partition coefficient (Wildman–Crippen LogP) is 0.928. The number of carbonyl (C=O) groups is 2. The monoisotopic (exact) mass is 343 g/mol. The van der Waals surface area contributed by atoms with Crippen molar-refractivity contribution in [2.45, 2.75) is 12.8 Å². The molecule has 3 heterocycles. The van der Waals surface area contributed by atoms with Gasteiger partial charge in [-0.3, -0.25) is 14.6 Å². The van der Waals surface area contributed by atoms with Crippen LogP contribution in [0.2, 0.25) is 0 Å². The van der Waals surface area contributed by atoms with Gasteiger partial charge in [0, 0.05) is 51.5 Å². The molecule has 2 amide bonds. The van der Waals surface area contributed by atoms with Crippen LogP contribution < -0.4 is 10.2 Å². The maximum Gasteiger partial charge on any atom is 0.286 e. The molecule has 0 radical (unpaired) electrons. The molecule has 0 aromatic carbocycles. The fourth-order valence-corrected chi connectivity index (χ4v) is 2.73. The number of nitrogens with one attached hydrogen (secondary N) is 1. The molecule has 1 saturated heterocycles. The molecule has 2 aromatic rings. The first kappa shape index (κ1) is 16.9. The van der Waals surface area contributed by atoms with E-state index in [4.69, 9.17) is 4.42 Å². The molecule has 2 aromatic heterocycles. The average Bonchev–Trinajstić information content (AvgIpc) is 3.21. The van der Waals surface area contributed by atoms with Crippen LogP contribution in [0, 0.1) is 0 Å². The van der Waals surface area contributed by atoms with E-state index in [0.717, 1.165) is 18.9 Å². The lowest BCUT2D eigenvalue weighted by molar-refractivity contribution is -0.131. The average molecular weight is 343 g/mol. The fourth-order valence-electron chi connectivity index (χ4n) is 2.73. The fraction of sp³-hybridized carbons (Fsp3) is 0.412. The Morgan fingerprint density at radius 1 is 1.20 bits per heavy atom. The Bertz CT molecular complexity index is 682. The van der Waals surface area contributed by atoms with Crippen LogP contribution in [0.4, 0.5) is 5.82 Å². The number of furan rings is 1. The Hall–Kier alpha value is -2.90. The summed E-state index contributed by atoms with van der Waals surface area (Å²) in [5.74, 6) is 0.989. The highest BCUT2D eigenvalue weighted by Gasteiger charge is 2.21. The summed E-state index contributed by atoms with van der Waals surface area (Å²) >= 11 is 0. The predicted molar refractivity (Wildman–Crippen MR) is 91.1 cm³/mol. The molecule has 25 heavy (non-hydrogen) atoms. The minimum absolute atomic E-state index is 0.117. The third-order valence-corrected chi connectivity index (χ3v) is 4.10.